The van der Waals surface area contributed by atoms with E-state index in [9.17, 15) is 4.79 Å². The smallest absolute Gasteiger partial charge is 0.340 e. The topological polar surface area (TPSA) is 116 Å². The lowest BCUT2D eigenvalue weighted by atomic mass is 10.2. The summed E-state index contributed by atoms with van der Waals surface area (Å²) in [4.78, 5) is 19.3. The number of nitrogens with two attached hydrogens (primary N) is 1. The van der Waals surface area contributed by atoms with Crippen molar-refractivity contribution in [1.82, 2.24) is 15.1 Å². The molecule has 0 saturated carbocycles. The van der Waals surface area contributed by atoms with Crippen LogP contribution in [0.15, 0.2) is 23.2 Å². The SMILES string of the molecule is COC(=O)c1ccnc(NCc2ncon2)c1N. The van der Waals surface area contributed by atoms with E-state index in [1.54, 1.807) is 0 Å². The Morgan fingerprint density at radius 2 is 2.39 bits per heavy atom. The van der Waals surface area contributed by atoms with E-state index in [1.165, 1.54) is 25.8 Å². The average Bonchev–Trinajstić information content (AvgIpc) is 2.90. The van der Waals surface area contributed by atoms with Crippen molar-refractivity contribution in [3.8, 4) is 0 Å². The van der Waals surface area contributed by atoms with Gasteiger partial charge in [0.2, 0.25) is 6.39 Å². The second-order valence-electron chi connectivity index (χ2n) is 3.31. The number of pyridine rings is 1. The van der Waals surface area contributed by atoms with Crippen molar-refractivity contribution in [1.29, 1.82) is 0 Å². The van der Waals surface area contributed by atoms with Gasteiger partial charge in [0.25, 0.3) is 0 Å². The number of carbonyl (C=O) groups is 1. The lowest BCUT2D eigenvalue weighted by Crippen LogP contribution is -2.11. The van der Waals surface area contributed by atoms with E-state index >= 15 is 0 Å². The molecule has 0 fully saturated rings. The minimum atomic E-state index is -0.516. The number of hydrogen-bond acceptors (Lipinski definition) is 8. The molecule has 0 spiro atoms. The third-order valence-electron chi connectivity index (χ3n) is 2.22. The van der Waals surface area contributed by atoms with Crippen LogP contribution >= 0.6 is 0 Å². The molecule has 0 aliphatic heterocycles. The number of carbonyl (C=O) groups excluding carboxylic acids is 1. The van der Waals surface area contributed by atoms with Crippen LogP contribution in [0, 0.1) is 0 Å². The molecule has 0 amide bonds. The summed E-state index contributed by atoms with van der Waals surface area (Å²) in [5.41, 5.74) is 6.28. The minimum Gasteiger partial charge on any atom is -0.465 e. The zero-order valence-electron chi connectivity index (χ0n) is 9.58. The Bertz CT molecular complexity index is 540. The Labute approximate surface area is 102 Å². The number of nitrogens with one attached hydrogen (secondary N) is 1. The van der Waals surface area contributed by atoms with Gasteiger partial charge in [-0.3, -0.25) is 0 Å². The summed E-state index contributed by atoms with van der Waals surface area (Å²) in [5.74, 6) is 0.305. The van der Waals surface area contributed by atoms with E-state index in [0.717, 1.165) is 0 Å². The van der Waals surface area contributed by atoms with E-state index in [-0.39, 0.29) is 11.3 Å². The van der Waals surface area contributed by atoms with Gasteiger partial charge < -0.3 is 20.3 Å². The van der Waals surface area contributed by atoms with Crippen LogP contribution in [0.1, 0.15) is 16.2 Å². The summed E-state index contributed by atoms with van der Waals surface area (Å²) in [6, 6.07) is 1.49. The monoisotopic (exact) mass is 249 g/mol. The molecule has 0 aliphatic rings. The molecule has 2 aromatic rings. The molecule has 0 atom stereocenters. The number of nitrogens with zero attached hydrogens (tertiary/aromatic N) is 3. The number of rotatable bonds is 4. The summed E-state index contributed by atoms with van der Waals surface area (Å²) in [5, 5.41) is 6.53. The van der Waals surface area contributed by atoms with Crippen molar-refractivity contribution < 1.29 is 14.1 Å². The molecule has 8 heteroatoms. The largest absolute Gasteiger partial charge is 0.465 e. The third kappa shape index (κ3) is 2.37. The van der Waals surface area contributed by atoms with Crippen LogP contribution in [0.2, 0.25) is 0 Å². The van der Waals surface area contributed by atoms with Crippen molar-refractivity contribution in [2.75, 3.05) is 18.2 Å². The maximum atomic E-state index is 11.4. The highest BCUT2D eigenvalue weighted by molar-refractivity contribution is 5.97. The summed E-state index contributed by atoms with van der Waals surface area (Å²) >= 11 is 0. The third-order valence-corrected chi connectivity index (χ3v) is 2.22. The number of anilines is 2. The van der Waals surface area contributed by atoms with Gasteiger partial charge in [-0.1, -0.05) is 5.16 Å². The molecule has 94 valence electrons. The standard InChI is InChI=1S/C10H11N5O3/c1-17-10(16)6-2-3-12-9(8(6)11)13-4-7-14-5-18-15-7/h2-3,5H,4,11H2,1H3,(H,12,13). The molecular weight excluding hydrogens is 238 g/mol. The number of esters is 1. The zero-order valence-corrected chi connectivity index (χ0v) is 9.58. The van der Waals surface area contributed by atoms with Crippen LogP contribution in [-0.2, 0) is 11.3 Å². The van der Waals surface area contributed by atoms with E-state index in [0.29, 0.717) is 18.2 Å². The number of nitrogen functional groups attached to an aromatic ring is 1. The predicted molar refractivity (Wildman–Crippen MR) is 61.6 cm³/mol. The first-order valence-electron chi connectivity index (χ1n) is 5.04. The van der Waals surface area contributed by atoms with Gasteiger partial charge in [0.15, 0.2) is 5.82 Å². The number of ether oxygens (including phenoxy) is 1. The first kappa shape index (κ1) is 11.8. The van der Waals surface area contributed by atoms with Crippen LogP contribution in [0.25, 0.3) is 0 Å². The van der Waals surface area contributed by atoms with Crippen LogP contribution in [-0.4, -0.2) is 28.2 Å². The lowest BCUT2D eigenvalue weighted by Gasteiger charge is -2.09. The summed E-state index contributed by atoms with van der Waals surface area (Å²) in [6.45, 7) is 0.290. The van der Waals surface area contributed by atoms with Crippen molar-refractivity contribution in [2.24, 2.45) is 0 Å². The van der Waals surface area contributed by atoms with E-state index < -0.39 is 5.97 Å². The molecule has 3 N–H and O–H groups in total. The first-order valence-corrected chi connectivity index (χ1v) is 5.04. The van der Waals surface area contributed by atoms with Crippen molar-refractivity contribution in [3.63, 3.8) is 0 Å². The van der Waals surface area contributed by atoms with Crippen LogP contribution in [0.4, 0.5) is 11.5 Å². The summed E-state index contributed by atoms with van der Waals surface area (Å²) in [6.07, 6.45) is 2.68. The number of methoxy groups -OCH3 is 1. The fraction of sp³-hybridized carbons (Fsp3) is 0.200. The quantitative estimate of drug-likeness (QED) is 0.750. The fourth-order valence-corrected chi connectivity index (χ4v) is 1.34. The van der Waals surface area contributed by atoms with Gasteiger partial charge in [-0.05, 0) is 6.07 Å². The summed E-state index contributed by atoms with van der Waals surface area (Å²) in [7, 11) is 1.29. The van der Waals surface area contributed by atoms with Gasteiger partial charge in [-0.2, -0.15) is 4.98 Å². The van der Waals surface area contributed by atoms with Gasteiger partial charge in [0, 0.05) is 6.20 Å². The highest BCUT2D eigenvalue weighted by atomic mass is 16.5. The first-order chi connectivity index (χ1) is 8.72. The van der Waals surface area contributed by atoms with Gasteiger partial charge in [-0.25, -0.2) is 9.78 Å². The molecule has 18 heavy (non-hydrogen) atoms. The average molecular weight is 249 g/mol. The zero-order chi connectivity index (χ0) is 13.0. The Hall–Kier alpha value is -2.64. The normalized spacial score (nSPS) is 10.1. The number of aromatic nitrogens is 3. The summed E-state index contributed by atoms with van der Waals surface area (Å²) < 4.78 is 9.19. The van der Waals surface area contributed by atoms with Crippen LogP contribution in [0.3, 0.4) is 0 Å². The lowest BCUT2D eigenvalue weighted by molar-refractivity contribution is 0.0602. The molecule has 0 unspecified atom stereocenters. The molecule has 0 aromatic carbocycles. The molecule has 2 rings (SSSR count). The van der Waals surface area contributed by atoms with E-state index in [1.807, 2.05) is 0 Å². The highest BCUT2D eigenvalue weighted by Crippen LogP contribution is 2.20. The van der Waals surface area contributed by atoms with Gasteiger partial charge >= 0.3 is 5.97 Å². The molecule has 0 aliphatic carbocycles. The Morgan fingerprint density at radius 3 is 3.06 bits per heavy atom. The molecular formula is C10H11N5O3. The molecule has 0 bridgehead atoms. The molecule has 0 radical (unpaired) electrons. The van der Waals surface area contributed by atoms with Crippen LogP contribution in [0.5, 0.6) is 0 Å². The maximum Gasteiger partial charge on any atom is 0.340 e. The van der Waals surface area contributed by atoms with Gasteiger partial charge in [0.1, 0.15) is 5.82 Å². The van der Waals surface area contributed by atoms with Crippen molar-refractivity contribution >= 4 is 17.5 Å². The van der Waals surface area contributed by atoms with E-state index in [2.05, 4.69) is 29.7 Å². The molecule has 8 nitrogen and oxygen atoms in total. The minimum absolute atomic E-state index is 0.216. The maximum absolute atomic E-state index is 11.4. The Kier molecular flexibility index (Phi) is 3.37. The Balaban J connectivity index is 2.16. The van der Waals surface area contributed by atoms with E-state index in [4.69, 9.17) is 5.73 Å². The second kappa shape index (κ2) is 5.13. The molecule has 2 heterocycles. The second-order valence-corrected chi connectivity index (χ2v) is 3.31. The van der Waals surface area contributed by atoms with Gasteiger partial charge in [0.05, 0.1) is 24.9 Å². The van der Waals surface area contributed by atoms with Gasteiger partial charge in [-0.15, -0.1) is 0 Å². The molecule has 0 saturated heterocycles. The highest BCUT2D eigenvalue weighted by Gasteiger charge is 2.13. The van der Waals surface area contributed by atoms with Crippen molar-refractivity contribution in [3.05, 3.63) is 30.0 Å². The molecule has 2 aromatic heterocycles. The number of hydrogen-bond donors (Lipinski definition) is 2. The van der Waals surface area contributed by atoms with Crippen LogP contribution < -0.4 is 11.1 Å². The van der Waals surface area contributed by atoms with Crippen molar-refractivity contribution in [2.45, 2.75) is 6.54 Å². The fourth-order valence-electron chi connectivity index (χ4n) is 1.34. The Morgan fingerprint density at radius 1 is 1.56 bits per heavy atom. The predicted octanol–water partition coefficient (Wildman–Crippen LogP) is 0.445.